The van der Waals surface area contributed by atoms with Crippen LogP contribution >= 0.6 is 0 Å². The Labute approximate surface area is 113 Å². The third-order valence-electron chi connectivity index (χ3n) is 4.05. The molecule has 1 aromatic heterocycles. The molecule has 1 fully saturated rings. The number of nitrogens with one attached hydrogen (secondary N) is 1. The summed E-state index contributed by atoms with van der Waals surface area (Å²) >= 11 is 0. The molecule has 2 heterocycles. The minimum absolute atomic E-state index is 0.228. The Morgan fingerprint density at radius 1 is 1.42 bits per heavy atom. The van der Waals surface area contributed by atoms with Gasteiger partial charge in [-0.3, -0.25) is 0 Å². The van der Waals surface area contributed by atoms with Crippen molar-refractivity contribution in [2.24, 2.45) is 7.05 Å². The van der Waals surface area contributed by atoms with Gasteiger partial charge in [0.1, 0.15) is 5.82 Å². The lowest BCUT2D eigenvalue weighted by atomic mass is 10.1. The quantitative estimate of drug-likeness (QED) is 0.920. The van der Waals surface area contributed by atoms with Crippen LogP contribution in [0, 0.1) is 0 Å². The van der Waals surface area contributed by atoms with E-state index in [2.05, 4.69) is 49.0 Å². The van der Waals surface area contributed by atoms with Crippen LogP contribution in [-0.4, -0.2) is 28.3 Å². The minimum Gasteiger partial charge on any atom is -0.377 e. The first kappa shape index (κ1) is 12.6. The molecule has 1 aromatic carbocycles. The lowest BCUT2D eigenvalue weighted by Crippen LogP contribution is -2.37. The second-order valence-corrected chi connectivity index (χ2v) is 5.38. The van der Waals surface area contributed by atoms with Gasteiger partial charge < -0.3 is 14.6 Å². The number of fused-ring (bicyclic) bond motifs is 1. The zero-order valence-electron chi connectivity index (χ0n) is 11.8. The Kier molecular flexibility index (Phi) is 3.29. The zero-order chi connectivity index (χ0) is 13.4. The summed E-state index contributed by atoms with van der Waals surface area (Å²) < 4.78 is 7.78. The first-order chi connectivity index (χ1) is 9.16. The minimum atomic E-state index is 0.228. The van der Waals surface area contributed by atoms with Crippen molar-refractivity contribution in [3.63, 3.8) is 0 Å². The number of aryl methyl sites for hydroxylation is 1. The van der Waals surface area contributed by atoms with Crippen molar-refractivity contribution in [1.82, 2.24) is 14.9 Å². The molecule has 0 saturated carbocycles. The van der Waals surface area contributed by atoms with Gasteiger partial charge in [-0.15, -0.1) is 0 Å². The smallest absolute Gasteiger partial charge is 0.126 e. The first-order valence-corrected chi connectivity index (χ1v) is 6.96. The molecule has 1 aliphatic heterocycles. The summed E-state index contributed by atoms with van der Waals surface area (Å²) in [7, 11) is 2.08. The molecular weight excluding hydrogens is 238 g/mol. The lowest BCUT2D eigenvalue weighted by molar-refractivity contribution is 0.111. The van der Waals surface area contributed by atoms with E-state index >= 15 is 0 Å². The molecule has 3 atom stereocenters. The molecule has 0 radical (unpaired) electrons. The van der Waals surface area contributed by atoms with Gasteiger partial charge in [-0.05, 0) is 32.4 Å². The SMILES string of the molecule is CC(NC1CCOC1C)c1nc2ccccc2n1C. The molecule has 0 spiro atoms. The van der Waals surface area contributed by atoms with Gasteiger partial charge in [0.25, 0.3) is 0 Å². The highest BCUT2D eigenvalue weighted by Crippen LogP contribution is 2.22. The number of rotatable bonds is 3. The van der Waals surface area contributed by atoms with Gasteiger partial charge in [-0.2, -0.15) is 0 Å². The summed E-state index contributed by atoms with van der Waals surface area (Å²) in [5, 5.41) is 3.64. The molecule has 102 valence electrons. The van der Waals surface area contributed by atoms with Crippen LogP contribution < -0.4 is 5.32 Å². The van der Waals surface area contributed by atoms with Gasteiger partial charge in [-0.25, -0.2) is 4.98 Å². The van der Waals surface area contributed by atoms with Crippen LogP contribution in [0.2, 0.25) is 0 Å². The second kappa shape index (κ2) is 4.94. The van der Waals surface area contributed by atoms with Crippen molar-refractivity contribution >= 4 is 11.0 Å². The van der Waals surface area contributed by atoms with Crippen LogP contribution in [0.1, 0.15) is 32.1 Å². The van der Waals surface area contributed by atoms with Gasteiger partial charge >= 0.3 is 0 Å². The highest BCUT2D eigenvalue weighted by molar-refractivity contribution is 5.75. The van der Waals surface area contributed by atoms with Crippen LogP contribution in [0.5, 0.6) is 0 Å². The molecule has 4 heteroatoms. The van der Waals surface area contributed by atoms with E-state index in [1.165, 1.54) is 5.52 Å². The van der Waals surface area contributed by atoms with Crippen molar-refractivity contribution < 1.29 is 4.74 Å². The Morgan fingerprint density at radius 2 is 2.21 bits per heavy atom. The third-order valence-corrected chi connectivity index (χ3v) is 4.05. The zero-order valence-corrected chi connectivity index (χ0v) is 11.8. The van der Waals surface area contributed by atoms with Crippen molar-refractivity contribution in [2.75, 3.05) is 6.61 Å². The van der Waals surface area contributed by atoms with E-state index in [1.54, 1.807) is 0 Å². The monoisotopic (exact) mass is 259 g/mol. The highest BCUT2D eigenvalue weighted by atomic mass is 16.5. The number of para-hydroxylation sites is 2. The van der Waals surface area contributed by atoms with Crippen molar-refractivity contribution in [3.8, 4) is 0 Å². The number of hydrogen-bond donors (Lipinski definition) is 1. The molecule has 0 aliphatic carbocycles. The molecule has 0 bridgehead atoms. The molecule has 1 aliphatic rings. The maximum absolute atomic E-state index is 5.60. The third kappa shape index (κ3) is 2.26. The summed E-state index contributed by atoms with van der Waals surface area (Å²) in [4.78, 5) is 4.74. The number of aromatic nitrogens is 2. The van der Waals surface area contributed by atoms with Crippen LogP contribution in [-0.2, 0) is 11.8 Å². The standard InChI is InChI=1S/C15H21N3O/c1-10(16-12-8-9-19-11(12)2)15-17-13-6-4-5-7-14(13)18(15)3/h4-7,10-12,16H,8-9H2,1-3H3. The fourth-order valence-corrected chi connectivity index (χ4v) is 2.90. The summed E-state index contributed by atoms with van der Waals surface area (Å²) in [5.41, 5.74) is 2.24. The number of nitrogens with zero attached hydrogens (tertiary/aromatic N) is 2. The second-order valence-electron chi connectivity index (χ2n) is 5.38. The first-order valence-electron chi connectivity index (χ1n) is 6.96. The van der Waals surface area contributed by atoms with Gasteiger partial charge in [0.05, 0.1) is 23.2 Å². The van der Waals surface area contributed by atoms with E-state index in [0.29, 0.717) is 6.04 Å². The van der Waals surface area contributed by atoms with E-state index < -0.39 is 0 Å². The average Bonchev–Trinajstić information content (AvgIpc) is 2.95. The average molecular weight is 259 g/mol. The molecule has 19 heavy (non-hydrogen) atoms. The summed E-state index contributed by atoms with van der Waals surface area (Å²) in [5.74, 6) is 1.08. The van der Waals surface area contributed by atoms with Gasteiger partial charge in [-0.1, -0.05) is 12.1 Å². The maximum atomic E-state index is 5.60. The van der Waals surface area contributed by atoms with Crippen LogP contribution in [0.25, 0.3) is 11.0 Å². The fourth-order valence-electron chi connectivity index (χ4n) is 2.90. The molecule has 4 nitrogen and oxygen atoms in total. The van der Waals surface area contributed by atoms with Crippen molar-refractivity contribution in [3.05, 3.63) is 30.1 Å². The highest BCUT2D eigenvalue weighted by Gasteiger charge is 2.26. The lowest BCUT2D eigenvalue weighted by Gasteiger charge is -2.21. The van der Waals surface area contributed by atoms with Crippen molar-refractivity contribution in [1.29, 1.82) is 0 Å². The molecule has 1 saturated heterocycles. The van der Waals surface area contributed by atoms with Gasteiger partial charge in [0.2, 0.25) is 0 Å². The van der Waals surface area contributed by atoms with E-state index in [4.69, 9.17) is 9.72 Å². The molecule has 0 amide bonds. The summed E-state index contributed by atoms with van der Waals surface area (Å²) in [6.07, 6.45) is 1.37. The van der Waals surface area contributed by atoms with E-state index in [0.717, 1.165) is 24.4 Å². The van der Waals surface area contributed by atoms with Crippen LogP contribution in [0.3, 0.4) is 0 Å². The van der Waals surface area contributed by atoms with E-state index in [-0.39, 0.29) is 12.1 Å². The topological polar surface area (TPSA) is 39.1 Å². The molecule has 2 aromatic rings. The summed E-state index contributed by atoms with van der Waals surface area (Å²) in [6.45, 7) is 5.16. The maximum Gasteiger partial charge on any atom is 0.126 e. The van der Waals surface area contributed by atoms with Crippen molar-refractivity contribution in [2.45, 2.75) is 38.5 Å². The molecule has 3 rings (SSSR count). The Hall–Kier alpha value is -1.39. The predicted octanol–water partition coefficient (Wildman–Crippen LogP) is 2.40. The number of imidazole rings is 1. The van der Waals surface area contributed by atoms with E-state index in [1.807, 2.05) is 6.07 Å². The molecule has 3 unspecified atom stereocenters. The normalized spacial score (nSPS) is 25.0. The molecule has 1 N–H and O–H groups in total. The van der Waals surface area contributed by atoms with Crippen LogP contribution in [0.15, 0.2) is 24.3 Å². The fraction of sp³-hybridized carbons (Fsp3) is 0.533. The van der Waals surface area contributed by atoms with Crippen LogP contribution in [0.4, 0.5) is 0 Å². The van der Waals surface area contributed by atoms with Gasteiger partial charge in [0.15, 0.2) is 0 Å². The predicted molar refractivity (Wildman–Crippen MR) is 76.1 cm³/mol. The Bertz CT molecular complexity index is 578. The van der Waals surface area contributed by atoms with Gasteiger partial charge in [0, 0.05) is 19.7 Å². The number of ether oxygens (including phenoxy) is 1. The number of benzene rings is 1. The largest absolute Gasteiger partial charge is 0.377 e. The van der Waals surface area contributed by atoms with E-state index in [9.17, 15) is 0 Å². The summed E-state index contributed by atoms with van der Waals surface area (Å²) in [6, 6.07) is 8.91. The Balaban J connectivity index is 1.85. The number of hydrogen-bond acceptors (Lipinski definition) is 3. The molecular formula is C15H21N3O. The Morgan fingerprint density at radius 3 is 2.89 bits per heavy atom.